The van der Waals surface area contributed by atoms with Gasteiger partial charge in [-0.1, -0.05) is 16.9 Å². The van der Waals surface area contributed by atoms with Crippen LogP contribution in [-0.2, 0) is 0 Å². The molecule has 0 fully saturated rings. The van der Waals surface area contributed by atoms with Crippen molar-refractivity contribution in [1.82, 2.24) is 4.98 Å². The van der Waals surface area contributed by atoms with Crippen molar-refractivity contribution in [2.24, 2.45) is 0 Å². The van der Waals surface area contributed by atoms with Gasteiger partial charge in [-0.3, -0.25) is 0 Å². The monoisotopic (exact) mass is 249 g/mol. The summed E-state index contributed by atoms with van der Waals surface area (Å²) in [5.41, 5.74) is 0. The van der Waals surface area contributed by atoms with Crippen LogP contribution >= 0.6 is 21.6 Å². The predicted octanol–water partition coefficient (Wildman–Crippen LogP) is 3.89. The Labute approximate surface area is 103 Å². The summed E-state index contributed by atoms with van der Waals surface area (Å²) < 4.78 is 5.10. The summed E-state index contributed by atoms with van der Waals surface area (Å²) in [6.07, 6.45) is 1.80. The second kappa shape index (κ2) is 5.82. The first kappa shape index (κ1) is 11.4. The molecule has 0 spiro atoms. The summed E-state index contributed by atoms with van der Waals surface area (Å²) in [5, 5.41) is 1.02. The molecule has 2 aromatic rings. The fraction of sp³-hybridized carbons (Fsp3) is 0.0833. The van der Waals surface area contributed by atoms with Gasteiger partial charge in [-0.05, 0) is 47.2 Å². The molecule has 0 unspecified atom stereocenters. The quantitative estimate of drug-likeness (QED) is 0.766. The van der Waals surface area contributed by atoms with E-state index in [1.54, 1.807) is 34.9 Å². The van der Waals surface area contributed by atoms with E-state index in [9.17, 15) is 0 Å². The Balaban J connectivity index is 1.94. The van der Waals surface area contributed by atoms with E-state index in [1.165, 1.54) is 4.90 Å². The van der Waals surface area contributed by atoms with Gasteiger partial charge in [0.05, 0.1) is 7.11 Å². The SMILES string of the molecule is COc1ccc(SSc2ccccn2)cc1. The number of rotatable bonds is 4. The minimum atomic E-state index is 0.882. The summed E-state index contributed by atoms with van der Waals surface area (Å²) in [4.78, 5) is 5.44. The molecule has 0 radical (unpaired) electrons. The molecule has 0 amide bonds. The Hall–Kier alpha value is -1.13. The first-order valence-corrected chi connectivity index (χ1v) is 6.93. The van der Waals surface area contributed by atoms with Gasteiger partial charge in [-0.2, -0.15) is 0 Å². The molecule has 82 valence electrons. The highest BCUT2D eigenvalue weighted by Crippen LogP contribution is 2.36. The fourth-order valence-electron chi connectivity index (χ4n) is 1.12. The van der Waals surface area contributed by atoms with Crippen LogP contribution < -0.4 is 4.74 Å². The number of pyridine rings is 1. The van der Waals surface area contributed by atoms with E-state index in [0.29, 0.717) is 0 Å². The lowest BCUT2D eigenvalue weighted by atomic mass is 10.3. The van der Waals surface area contributed by atoms with Crippen LogP contribution in [0.3, 0.4) is 0 Å². The van der Waals surface area contributed by atoms with Gasteiger partial charge in [0.15, 0.2) is 0 Å². The highest BCUT2D eigenvalue weighted by atomic mass is 33.1. The third-order valence-corrected chi connectivity index (χ3v) is 4.22. The van der Waals surface area contributed by atoms with E-state index >= 15 is 0 Å². The molecule has 0 saturated carbocycles. The van der Waals surface area contributed by atoms with Crippen LogP contribution in [0, 0.1) is 0 Å². The molecule has 2 rings (SSSR count). The van der Waals surface area contributed by atoms with E-state index in [0.717, 1.165) is 10.8 Å². The van der Waals surface area contributed by atoms with Crippen LogP contribution in [-0.4, -0.2) is 12.1 Å². The highest BCUT2D eigenvalue weighted by Gasteiger charge is 1.98. The Morgan fingerprint density at radius 2 is 1.81 bits per heavy atom. The Bertz CT molecular complexity index is 431. The minimum absolute atomic E-state index is 0.882. The number of hydrogen-bond acceptors (Lipinski definition) is 4. The molecule has 0 atom stereocenters. The summed E-state index contributed by atoms with van der Waals surface area (Å²) >= 11 is 0. The zero-order chi connectivity index (χ0) is 11.2. The lowest BCUT2D eigenvalue weighted by Gasteiger charge is -2.02. The number of hydrogen-bond donors (Lipinski definition) is 0. The van der Waals surface area contributed by atoms with Crippen molar-refractivity contribution in [3.63, 3.8) is 0 Å². The highest BCUT2D eigenvalue weighted by molar-refractivity contribution is 8.76. The van der Waals surface area contributed by atoms with Crippen molar-refractivity contribution < 1.29 is 4.74 Å². The molecule has 2 nitrogen and oxygen atoms in total. The number of aromatic nitrogens is 1. The van der Waals surface area contributed by atoms with Crippen LogP contribution in [0.2, 0.25) is 0 Å². The predicted molar refractivity (Wildman–Crippen MR) is 68.9 cm³/mol. The molecule has 0 saturated heterocycles. The Morgan fingerprint density at radius 3 is 2.44 bits per heavy atom. The maximum absolute atomic E-state index is 5.10. The van der Waals surface area contributed by atoms with E-state index in [-0.39, 0.29) is 0 Å². The maximum Gasteiger partial charge on any atom is 0.118 e. The first-order chi connectivity index (χ1) is 7.88. The van der Waals surface area contributed by atoms with Crippen LogP contribution in [0.4, 0.5) is 0 Å². The zero-order valence-electron chi connectivity index (χ0n) is 8.79. The van der Waals surface area contributed by atoms with Crippen LogP contribution in [0.1, 0.15) is 0 Å². The van der Waals surface area contributed by atoms with Gasteiger partial charge < -0.3 is 4.74 Å². The molecule has 0 aliphatic carbocycles. The van der Waals surface area contributed by atoms with Crippen molar-refractivity contribution in [2.45, 2.75) is 9.92 Å². The molecular weight excluding hydrogens is 238 g/mol. The standard InChI is InChI=1S/C12H11NOS2/c1-14-10-5-7-11(8-6-10)15-16-12-4-2-3-9-13-12/h2-9H,1H3. The lowest BCUT2D eigenvalue weighted by Crippen LogP contribution is -1.80. The summed E-state index contributed by atoms with van der Waals surface area (Å²) in [7, 11) is 5.01. The number of nitrogens with zero attached hydrogens (tertiary/aromatic N) is 1. The molecule has 4 heteroatoms. The Kier molecular flexibility index (Phi) is 4.13. The minimum Gasteiger partial charge on any atom is -0.497 e. The van der Waals surface area contributed by atoms with Gasteiger partial charge >= 0.3 is 0 Å². The molecule has 0 bridgehead atoms. The number of methoxy groups -OCH3 is 1. The fourth-order valence-corrected chi connectivity index (χ4v) is 2.96. The largest absolute Gasteiger partial charge is 0.497 e. The van der Waals surface area contributed by atoms with Crippen LogP contribution in [0.15, 0.2) is 58.6 Å². The summed E-state index contributed by atoms with van der Waals surface area (Å²) in [6, 6.07) is 13.9. The molecule has 1 aromatic carbocycles. The summed E-state index contributed by atoms with van der Waals surface area (Å²) in [5.74, 6) is 0.882. The first-order valence-electron chi connectivity index (χ1n) is 4.78. The van der Waals surface area contributed by atoms with Crippen molar-refractivity contribution in [1.29, 1.82) is 0 Å². The van der Waals surface area contributed by atoms with E-state index < -0.39 is 0 Å². The van der Waals surface area contributed by atoms with Crippen molar-refractivity contribution in [3.8, 4) is 5.75 Å². The normalized spacial score (nSPS) is 10.1. The molecular formula is C12H11NOS2. The molecule has 0 aliphatic heterocycles. The average molecular weight is 249 g/mol. The van der Waals surface area contributed by atoms with E-state index in [4.69, 9.17) is 4.74 Å². The van der Waals surface area contributed by atoms with Gasteiger partial charge in [-0.15, -0.1) is 0 Å². The molecule has 1 heterocycles. The van der Waals surface area contributed by atoms with Gasteiger partial charge in [0, 0.05) is 11.1 Å². The Morgan fingerprint density at radius 1 is 1.00 bits per heavy atom. The smallest absolute Gasteiger partial charge is 0.118 e. The van der Waals surface area contributed by atoms with Crippen molar-refractivity contribution in [2.75, 3.05) is 7.11 Å². The van der Waals surface area contributed by atoms with Gasteiger partial charge in [0.2, 0.25) is 0 Å². The van der Waals surface area contributed by atoms with Crippen molar-refractivity contribution >= 4 is 21.6 Å². The number of ether oxygens (including phenoxy) is 1. The van der Waals surface area contributed by atoms with Crippen LogP contribution in [0.25, 0.3) is 0 Å². The maximum atomic E-state index is 5.10. The summed E-state index contributed by atoms with van der Waals surface area (Å²) in [6.45, 7) is 0. The molecule has 0 N–H and O–H groups in total. The van der Waals surface area contributed by atoms with E-state index in [1.807, 2.05) is 42.5 Å². The lowest BCUT2D eigenvalue weighted by molar-refractivity contribution is 0.414. The van der Waals surface area contributed by atoms with Gasteiger partial charge in [-0.25, -0.2) is 4.98 Å². The second-order valence-electron chi connectivity index (χ2n) is 3.01. The topological polar surface area (TPSA) is 22.1 Å². The molecule has 16 heavy (non-hydrogen) atoms. The third kappa shape index (κ3) is 3.18. The van der Waals surface area contributed by atoms with Crippen molar-refractivity contribution in [3.05, 3.63) is 48.7 Å². The van der Waals surface area contributed by atoms with E-state index in [2.05, 4.69) is 4.98 Å². The third-order valence-electron chi connectivity index (χ3n) is 1.92. The average Bonchev–Trinajstić information content (AvgIpc) is 2.38. The molecule has 0 aliphatic rings. The molecule has 1 aromatic heterocycles. The van der Waals surface area contributed by atoms with Gasteiger partial charge in [0.25, 0.3) is 0 Å². The second-order valence-corrected chi connectivity index (χ2v) is 5.23. The number of benzene rings is 1. The zero-order valence-corrected chi connectivity index (χ0v) is 10.4. The van der Waals surface area contributed by atoms with Gasteiger partial charge in [0.1, 0.15) is 10.8 Å². The van der Waals surface area contributed by atoms with Crippen LogP contribution in [0.5, 0.6) is 5.75 Å².